The van der Waals surface area contributed by atoms with E-state index in [4.69, 9.17) is 5.73 Å². The van der Waals surface area contributed by atoms with Crippen molar-refractivity contribution >= 4 is 18.3 Å². The quantitative estimate of drug-likeness (QED) is 0.853. The average molecular weight is 325 g/mol. The number of amides is 1. The van der Waals surface area contributed by atoms with Crippen LogP contribution in [0.2, 0.25) is 0 Å². The second-order valence-corrected chi connectivity index (χ2v) is 6.32. The molecule has 0 saturated heterocycles. The average Bonchev–Trinajstić information content (AvgIpc) is 2.82. The number of carbonyl (C=O) groups is 1. The van der Waals surface area contributed by atoms with Gasteiger partial charge in [-0.15, -0.1) is 12.4 Å². The highest BCUT2D eigenvalue weighted by molar-refractivity contribution is 5.85. The second-order valence-electron chi connectivity index (χ2n) is 6.32. The molecule has 1 aromatic carbocycles. The van der Waals surface area contributed by atoms with E-state index in [1.54, 1.807) is 0 Å². The highest BCUT2D eigenvalue weighted by Crippen LogP contribution is 2.25. The van der Waals surface area contributed by atoms with Crippen molar-refractivity contribution in [2.45, 2.75) is 57.5 Å². The Morgan fingerprint density at radius 3 is 2.23 bits per heavy atom. The molecule has 1 aromatic rings. The Morgan fingerprint density at radius 1 is 1.14 bits per heavy atom. The van der Waals surface area contributed by atoms with Gasteiger partial charge in [-0.1, -0.05) is 62.9 Å². The van der Waals surface area contributed by atoms with Gasteiger partial charge in [-0.3, -0.25) is 4.79 Å². The molecule has 0 radical (unpaired) electrons. The molecule has 2 unspecified atom stereocenters. The number of benzene rings is 1. The molecule has 22 heavy (non-hydrogen) atoms. The number of hydrogen-bond donors (Lipinski definition) is 1. The summed E-state index contributed by atoms with van der Waals surface area (Å²) in [4.78, 5) is 14.7. The molecule has 124 valence electrons. The minimum Gasteiger partial charge on any atom is -0.342 e. The smallest absolute Gasteiger partial charge is 0.227 e. The van der Waals surface area contributed by atoms with Crippen LogP contribution < -0.4 is 5.73 Å². The van der Waals surface area contributed by atoms with Gasteiger partial charge in [0.25, 0.3) is 0 Å². The van der Waals surface area contributed by atoms with Crippen LogP contribution >= 0.6 is 12.4 Å². The SMILES string of the molecule is CC(C(=O)N(C)C1CCCCCC1)C(N)c1ccccc1.Cl. The Hall–Kier alpha value is -1.06. The summed E-state index contributed by atoms with van der Waals surface area (Å²) < 4.78 is 0. The van der Waals surface area contributed by atoms with Crippen LogP contribution in [0.1, 0.15) is 57.1 Å². The van der Waals surface area contributed by atoms with Crippen LogP contribution in [0.5, 0.6) is 0 Å². The molecule has 4 heteroatoms. The number of hydrogen-bond acceptors (Lipinski definition) is 2. The van der Waals surface area contributed by atoms with Gasteiger partial charge in [0.1, 0.15) is 0 Å². The first-order chi connectivity index (χ1) is 10.1. The molecule has 2 rings (SSSR count). The van der Waals surface area contributed by atoms with Crippen molar-refractivity contribution in [2.75, 3.05) is 7.05 Å². The fraction of sp³-hybridized carbons (Fsp3) is 0.611. The molecular weight excluding hydrogens is 296 g/mol. The van der Waals surface area contributed by atoms with Gasteiger partial charge in [-0.2, -0.15) is 0 Å². The summed E-state index contributed by atoms with van der Waals surface area (Å²) >= 11 is 0. The van der Waals surface area contributed by atoms with E-state index in [9.17, 15) is 4.79 Å². The van der Waals surface area contributed by atoms with Crippen molar-refractivity contribution < 1.29 is 4.79 Å². The van der Waals surface area contributed by atoms with Crippen LogP contribution in [0.3, 0.4) is 0 Å². The first-order valence-corrected chi connectivity index (χ1v) is 8.18. The monoisotopic (exact) mass is 324 g/mol. The van der Waals surface area contributed by atoms with Gasteiger partial charge >= 0.3 is 0 Å². The van der Waals surface area contributed by atoms with Crippen LogP contribution in [0.15, 0.2) is 30.3 Å². The summed E-state index contributed by atoms with van der Waals surface area (Å²) in [5, 5.41) is 0. The third kappa shape index (κ3) is 4.72. The first kappa shape index (κ1) is 19.0. The van der Waals surface area contributed by atoms with Crippen molar-refractivity contribution in [3.8, 4) is 0 Å². The van der Waals surface area contributed by atoms with E-state index < -0.39 is 0 Å². The highest BCUT2D eigenvalue weighted by Gasteiger charge is 2.28. The molecule has 0 spiro atoms. The minimum atomic E-state index is -0.230. The number of halogens is 1. The van der Waals surface area contributed by atoms with Crippen LogP contribution in [-0.2, 0) is 4.79 Å². The predicted molar refractivity (Wildman–Crippen MR) is 94.0 cm³/mol. The predicted octanol–water partition coefficient (Wildman–Crippen LogP) is 3.93. The molecule has 1 saturated carbocycles. The zero-order valence-electron chi connectivity index (χ0n) is 13.7. The molecule has 3 nitrogen and oxygen atoms in total. The normalized spacial score (nSPS) is 18.7. The molecule has 0 aliphatic heterocycles. The van der Waals surface area contributed by atoms with Gasteiger partial charge in [0, 0.05) is 19.1 Å². The topological polar surface area (TPSA) is 46.3 Å². The van der Waals surface area contributed by atoms with E-state index in [0.717, 1.165) is 18.4 Å². The van der Waals surface area contributed by atoms with E-state index in [1.807, 2.05) is 49.2 Å². The molecule has 1 aliphatic rings. The fourth-order valence-corrected chi connectivity index (χ4v) is 3.26. The van der Waals surface area contributed by atoms with E-state index in [-0.39, 0.29) is 30.3 Å². The zero-order chi connectivity index (χ0) is 15.2. The molecule has 2 atom stereocenters. The Labute approximate surface area is 140 Å². The van der Waals surface area contributed by atoms with Gasteiger partial charge in [0.05, 0.1) is 5.92 Å². The lowest BCUT2D eigenvalue weighted by Gasteiger charge is -2.31. The van der Waals surface area contributed by atoms with Crippen LogP contribution in [0.4, 0.5) is 0 Å². The summed E-state index contributed by atoms with van der Waals surface area (Å²) in [5.41, 5.74) is 7.32. The maximum Gasteiger partial charge on any atom is 0.227 e. The maximum absolute atomic E-state index is 12.7. The van der Waals surface area contributed by atoms with Crippen LogP contribution in [-0.4, -0.2) is 23.9 Å². The Bertz CT molecular complexity index is 444. The molecule has 0 bridgehead atoms. The number of nitrogens with two attached hydrogens (primary N) is 1. The van der Waals surface area contributed by atoms with E-state index >= 15 is 0 Å². The lowest BCUT2D eigenvalue weighted by atomic mass is 9.93. The third-order valence-corrected chi connectivity index (χ3v) is 4.83. The summed E-state index contributed by atoms with van der Waals surface area (Å²) in [5.74, 6) is -0.00101. The van der Waals surface area contributed by atoms with Gasteiger partial charge in [0.15, 0.2) is 0 Å². The Kier molecular flexibility index (Phi) is 7.91. The lowest BCUT2D eigenvalue weighted by molar-refractivity contribution is -0.136. The summed E-state index contributed by atoms with van der Waals surface area (Å²) in [7, 11) is 1.95. The standard InChI is InChI=1S/C18H28N2O.ClH/c1-14(17(19)15-10-6-5-7-11-15)18(21)20(2)16-12-8-3-4-9-13-16;/h5-7,10-11,14,16-17H,3-4,8-9,12-13,19H2,1-2H3;1H. The van der Waals surface area contributed by atoms with Crippen LogP contribution in [0.25, 0.3) is 0 Å². The summed E-state index contributed by atoms with van der Waals surface area (Å²) in [6.45, 7) is 1.95. The molecular formula is C18H29ClN2O. The largest absolute Gasteiger partial charge is 0.342 e. The zero-order valence-corrected chi connectivity index (χ0v) is 14.5. The van der Waals surface area contributed by atoms with Crippen molar-refractivity contribution in [3.05, 3.63) is 35.9 Å². The van der Waals surface area contributed by atoms with E-state index in [2.05, 4.69) is 0 Å². The molecule has 0 aromatic heterocycles. The van der Waals surface area contributed by atoms with Gasteiger partial charge in [-0.05, 0) is 18.4 Å². The number of rotatable bonds is 4. The summed E-state index contributed by atoms with van der Waals surface area (Å²) in [6.07, 6.45) is 7.35. The molecule has 1 fully saturated rings. The van der Waals surface area contributed by atoms with Crippen LogP contribution in [0, 0.1) is 5.92 Å². The van der Waals surface area contributed by atoms with Gasteiger partial charge in [0.2, 0.25) is 5.91 Å². The van der Waals surface area contributed by atoms with Crippen molar-refractivity contribution in [1.82, 2.24) is 4.90 Å². The number of carbonyl (C=O) groups excluding carboxylic acids is 1. The Morgan fingerprint density at radius 2 is 1.68 bits per heavy atom. The fourth-order valence-electron chi connectivity index (χ4n) is 3.26. The molecule has 1 amide bonds. The van der Waals surface area contributed by atoms with Crippen molar-refractivity contribution in [2.24, 2.45) is 11.7 Å². The number of nitrogens with zero attached hydrogens (tertiary/aromatic N) is 1. The lowest BCUT2D eigenvalue weighted by Crippen LogP contribution is -2.42. The molecule has 1 aliphatic carbocycles. The minimum absolute atomic E-state index is 0. The molecule has 0 heterocycles. The van der Waals surface area contributed by atoms with E-state index in [1.165, 1.54) is 25.7 Å². The second kappa shape index (κ2) is 9.16. The third-order valence-electron chi connectivity index (χ3n) is 4.83. The summed E-state index contributed by atoms with van der Waals surface area (Å²) in [6, 6.07) is 10.1. The first-order valence-electron chi connectivity index (χ1n) is 8.18. The highest BCUT2D eigenvalue weighted by atomic mass is 35.5. The van der Waals surface area contributed by atoms with Crippen molar-refractivity contribution in [3.63, 3.8) is 0 Å². The van der Waals surface area contributed by atoms with Gasteiger partial charge in [-0.25, -0.2) is 0 Å². The van der Waals surface area contributed by atoms with Crippen molar-refractivity contribution in [1.29, 1.82) is 0 Å². The maximum atomic E-state index is 12.7. The molecule has 2 N–H and O–H groups in total. The van der Waals surface area contributed by atoms with Gasteiger partial charge < -0.3 is 10.6 Å². The van der Waals surface area contributed by atoms with E-state index in [0.29, 0.717) is 6.04 Å². The Balaban J connectivity index is 0.00000242.